The maximum absolute atomic E-state index is 10.7. The molecule has 0 fully saturated rings. The lowest BCUT2D eigenvalue weighted by atomic mass is 10.2. The lowest BCUT2D eigenvalue weighted by Gasteiger charge is -2.20. The number of nitrogens with one attached hydrogen (secondary N) is 1. The lowest BCUT2D eigenvalue weighted by Crippen LogP contribution is -2.33. The minimum Gasteiger partial charge on any atom is -0.486 e. The first-order valence-electron chi connectivity index (χ1n) is 5.62. The molecule has 6 heteroatoms. The second-order valence-electron chi connectivity index (χ2n) is 4.04. The van der Waals surface area contributed by atoms with Gasteiger partial charge in [-0.2, -0.15) is 0 Å². The lowest BCUT2D eigenvalue weighted by molar-refractivity contribution is -0.139. The van der Waals surface area contributed by atoms with Gasteiger partial charge in [0, 0.05) is 6.54 Å². The molecule has 0 amide bonds. The number of ether oxygens (including phenoxy) is 2. The zero-order chi connectivity index (χ0) is 13.1. The molecule has 5 nitrogen and oxygen atoms in total. The number of rotatable bonds is 4. The third-order valence-corrected chi connectivity index (χ3v) is 2.92. The Balaban J connectivity index is 2.10. The molecule has 1 heterocycles. The van der Waals surface area contributed by atoms with Gasteiger partial charge in [-0.15, -0.1) is 0 Å². The number of halogens is 1. The van der Waals surface area contributed by atoms with Crippen LogP contribution in [0, 0.1) is 0 Å². The Kier molecular flexibility index (Phi) is 3.93. The average molecular weight is 272 g/mol. The van der Waals surface area contributed by atoms with E-state index in [2.05, 4.69) is 5.32 Å². The average Bonchev–Trinajstić information content (AvgIpc) is 2.36. The molecule has 0 aromatic heterocycles. The second-order valence-corrected chi connectivity index (χ2v) is 4.45. The normalized spacial score (nSPS) is 15.2. The van der Waals surface area contributed by atoms with Gasteiger partial charge in [0.15, 0.2) is 11.5 Å². The Bertz CT molecular complexity index is 464. The molecular weight excluding hydrogens is 258 g/mol. The van der Waals surface area contributed by atoms with Gasteiger partial charge in [-0.1, -0.05) is 11.6 Å². The molecule has 0 aliphatic carbocycles. The monoisotopic (exact) mass is 271 g/mol. The highest BCUT2D eigenvalue weighted by atomic mass is 35.5. The first-order chi connectivity index (χ1) is 8.58. The van der Waals surface area contributed by atoms with Gasteiger partial charge in [0.05, 0.1) is 5.02 Å². The highest BCUT2D eigenvalue weighted by Gasteiger charge is 2.17. The molecule has 1 aliphatic rings. The van der Waals surface area contributed by atoms with Crippen molar-refractivity contribution < 1.29 is 19.4 Å². The first kappa shape index (κ1) is 13.0. The summed E-state index contributed by atoms with van der Waals surface area (Å²) in [6.07, 6.45) is 0. The number of hydrogen-bond acceptors (Lipinski definition) is 4. The van der Waals surface area contributed by atoms with Crippen LogP contribution in [-0.2, 0) is 11.3 Å². The van der Waals surface area contributed by atoms with E-state index in [9.17, 15) is 4.79 Å². The van der Waals surface area contributed by atoms with Crippen molar-refractivity contribution in [2.24, 2.45) is 0 Å². The van der Waals surface area contributed by atoms with E-state index in [0.717, 1.165) is 5.56 Å². The number of benzene rings is 1. The summed E-state index contributed by atoms with van der Waals surface area (Å²) in [6.45, 7) is 2.97. The van der Waals surface area contributed by atoms with Crippen LogP contribution in [-0.4, -0.2) is 30.3 Å². The highest BCUT2D eigenvalue weighted by molar-refractivity contribution is 6.32. The van der Waals surface area contributed by atoms with E-state index < -0.39 is 12.0 Å². The van der Waals surface area contributed by atoms with Crippen molar-refractivity contribution in [1.82, 2.24) is 5.32 Å². The van der Waals surface area contributed by atoms with Gasteiger partial charge in [-0.3, -0.25) is 4.79 Å². The number of carboxylic acid groups (broad SMARTS) is 1. The molecular formula is C12H14ClNO4. The SMILES string of the molecule is C[C@H](NCc1cc(Cl)c2c(c1)OCCO2)C(=O)O. The molecule has 1 aromatic carbocycles. The molecule has 2 N–H and O–H groups in total. The summed E-state index contributed by atoms with van der Waals surface area (Å²) < 4.78 is 10.8. The van der Waals surface area contributed by atoms with Crippen molar-refractivity contribution in [1.29, 1.82) is 0 Å². The van der Waals surface area contributed by atoms with E-state index in [4.69, 9.17) is 26.2 Å². The van der Waals surface area contributed by atoms with Crippen LogP contribution in [0.5, 0.6) is 11.5 Å². The van der Waals surface area contributed by atoms with E-state index in [1.54, 1.807) is 13.0 Å². The van der Waals surface area contributed by atoms with Crippen molar-refractivity contribution in [3.63, 3.8) is 0 Å². The van der Waals surface area contributed by atoms with E-state index in [-0.39, 0.29) is 0 Å². The predicted molar refractivity (Wildman–Crippen MR) is 66.4 cm³/mol. The number of aliphatic carboxylic acids is 1. The minimum absolute atomic E-state index is 0.407. The van der Waals surface area contributed by atoms with Crippen LogP contribution < -0.4 is 14.8 Å². The van der Waals surface area contributed by atoms with Gasteiger partial charge < -0.3 is 19.9 Å². The number of carboxylic acids is 1. The van der Waals surface area contributed by atoms with Crippen LogP contribution in [0.1, 0.15) is 12.5 Å². The molecule has 1 aliphatic heterocycles. The zero-order valence-electron chi connectivity index (χ0n) is 9.90. The number of fused-ring (bicyclic) bond motifs is 1. The third kappa shape index (κ3) is 2.86. The standard InChI is InChI=1S/C12H14ClNO4/c1-7(12(15)16)14-6-8-4-9(13)11-10(5-8)17-2-3-18-11/h4-5,7,14H,2-3,6H2,1H3,(H,15,16)/t7-/m0/s1. The van der Waals surface area contributed by atoms with Crippen molar-refractivity contribution in [2.75, 3.05) is 13.2 Å². The number of carbonyl (C=O) groups is 1. The Morgan fingerprint density at radius 3 is 2.94 bits per heavy atom. The van der Waals surface area contributed by atoms with E-state index in [1.165, 1.54) is 0 Å². The van der Waals surface area contributed by atoms with Crippen molar-refractivity contribution >= 4 is 17.6 Å². The van der Waals surface area contributed by atoms with E-state index in [1.807, 2.05) is 6.07 Å². The topological polar surface area (TPSA) is 67.8 Å². The molecule has 0 radical (unpaired) electrons. The van der Waals surface area contributed by atoms with Gasteiger partial charge in [0.2, 0.25) is 0 Å². The summed E-state index contributed by atoms with van der Waals surface area (Å²) in [6, 6.07) is 2.94. The fourth-order valence-electron chi connectivity index (χ4n) is 1.62. The molecule has 0 bridgehead atoms. The summed E-state index contributed by atoms with van der Waals surface area (Å²) in [4.78, 5) is 10.7. The molecule has 0 spiro atoms. The van der Waals surface area contributed by atoms with E-state index in [0.29, 0.717) is 36.3 Å². The predicted octanol–water partition coefficient (Wildman–Crippen LogP) is 1.67. The maximum atomic E-state index is 10.7. The zero-order valence-corrected chi connectivity index (χ0v) is 10.7. The van der Waals surface area contributed by atoms with Gasteiger partial charge in [-0.05, 0) is 24.6 Å². The summed E-state index contributed by atoms with van der Waals surface area (Å²) >= 11 is 6.08. The largest absolute Gasteiger partial charge is 0.486 e. The molecule has 0 saturated carbocycles. The summed E-state index contributed by atoms with van der Waals surface area (Å²) in [5.74, 6) is 0.269. The smallest absolute Gasteiger partial charge is 0.320 e. The van der Waals surface area contributed by atoms with E-state index >= 15 is 0 Å². The van der Waals surface area contributed by atoms with Crippen molar-refractivity contribution in [3.8, 4) is 11.5 Å². The Labute approximate surface area is 110 Å². The second kappa shape index (κ2) is 5.46. The molecule has 2 rings (SSSR count). The van der Waals surface area contributed by atoms with Crippen molar-refractivity contribution in [3.05, 3.63) is 22.7 Å². The molecule has 0 saturated heterocycles. The fraction of sp³-hybridized carbons (Fsp3) is 0.417. The third-order valence-electron chi connectivity index (χ3n) is 2.64. The van der Waals surface area contributed by atoms with Crippen LogP contribution in [0.3, 0.4) is 0 Å². The minimum atomic E-state index is -0.890. The summed E-state index contributed by atoms with van der Waals surface area (Å²) in [7, 11) is 0. The molecule has 0 unspecified atom stereocenters. The highest BCUT2D eigenvalue weighted by Crippen LogP contribution is 2.38. The summed E-state index contributed by atoms with van der Waals surface area (Å²) in [5.41, 5.74) is 0.859. The fourth-order valence-corrected chi connectivity index (χ4v) is 1.91. The van der Waals surface area contributed by atoms with Crippen LogP contribution in [0.2, 0.25) is 5.02 Å². The van der Waals surface area contributed by atoms with Crippen LogP contribution in [0.25, 0.3) is 0 Å². The van der Waals surface area contributed by atoms with Gasteiger partial charge in [0.1, 0.15) is 19.3 Å². The van der Waals surface area contributed by atoms with Crippen LogP contribution in [0.4, 0.5) is 0 Å². The van der Waals surface area contributed by atoms with Crippen molar-refractivity contribution in [2.45, 2.75) is 19.5 Å². The Morgan fingerprint density at radius 1 is 1.50 bits per heavy atom. The summed E-state index contributed by atoms with van der Waals surface area (Å²) in [5, 5.41) is 12.1. The molecule has 1 aromatic rings. The van der Waals surface area contributed by atoms with Gasteiger partial charge in [-0.25, -0.2) is 0 Å². The maximum Gasteiger partial charge on any atom is 0.320 e. The van der Waals surface area contributed by atoms with Gasteiger partial charge in [0.25, 0.3) is 0 Å². The molecule has 98 valence electrons. The molecule has 1 atom stereocenters. The van der Waals surface area contributed by atoms with Crippen LogP contribution >= 0.6 is 11.6 Å². The van der Waals surface area contributed by atoms with Gasteiger partial charge >= 0.3 is 5.97 Å². The first-order valence-corrected chi connectivity index (χ1v) is 6.00. The quantitative estimate of drug-likeness (QED) is 0.872. The number of hydrogen-bond donors (Lipinski definition) is 2. The van der Waals surface area contributed by atoms with Crippen LogP contribution in [0.15, 0.2) is 12.1 Å². The Morgan fingerprint density at radius 2 is 2.22 bits per heavy atom. The Hall–Kier alpha value is -1.46. The molecule has 18 heavy (non-hydrogen) atoms.